The normalized spacial score (nSPS) is 5.33. The minimum atomic E-state index is 1.79. The zero-order chi connectivity index (χ0) is 5.41. The average Bonchev–Trinajstić information content (AvgIpc) is 1.72. The first-order valence-electron chi connectivity index (χ1n) is 0.789. The van der Waals surface area contributed by atoms with E-state index in [1.807, 2.05) is 43.9 Å². The van der Waals surface area contributed by atoms with Crippen molar-refractivity contribution in [2.45, 2.75) is 0 Å². The summed E-state index contributed by atoms with van der Waals surface area (Å²) in [4.78, 5) is 8.00. The Kier molecular flexibility index (Phi) is 28.2. The van der Waals surface area contributed by atoms with E-state index in [2.05, 4.69) is 0 Å². The molecule has 6 heavy (non-hydrogen) atoms. The van der Waals surface area contributed by atoms with Crippen LogP contribution in [0.1, 0.15) is 0 Å². The second kappa shape index (κ2) is 15.9. The monoisotopic (exact) mass is 290 g/mol. The zero-order valence-electron chi connectivity index (χ0n) is 2.75. The summed E-state index contributed by atoms with van der Waals surface area (Å²) in [5.74, 6) is 0. The van der Waals surface area contributed by atoms with Crippen LogP contribution >= 0.6 is 17.0 Å². The van der Waals surface area contributed by atoms with Crippen LogP contribution in [0.5, 0.6) is 0 Å². The first kappa shape index (κ1) is 10.7. The van der Waals surface area contributed by atoms with E-state index in [1.165, 1.54) is 0 Å². The molecule has 36 valence electrons. The van der Waals surface area contributed by atoms with Crippen molar-refractivity contribution < 1.29 is 41.9 Å². The van der Waals surface area contributed by atoms with Crippen molar-refractivity contribution in [1.29, 1.82) is 0 Å². The Labute approximate surface area is 65.0 Å². The molecule has 0 aromatic rings. The summed E-state index contributed by atoms with van der Waals surface area (Å²) in [5, 5.41) is 0. The molecule has 0 aliphatic heterocycles. The maximum atomic E-state index is 8.00. The Morgan fingerprint density at radius 3 is 1.33 bits per heavy atom. The van der Waals surface area contributed by atoms with Gasteiger partial charge in [-0.1, -0.05) is 0 Å². The zero-order valence-corrected chi connectivity index (χ0v) is 8.40. The van der Waals surface area contributed by atoms with Crippen LogP contribution in [-0.2, 0) is 41.9 Å². The number of hydrogen-bond donors (Lipinski definition) is 0. The Morgan fingerprint density at radius 1 is 1.17 bits per heavy atom. The van der Waals surface area contributed by atoms with Crippen molar-refractivity contribution in [3.63, 3.8) is 0 Å². The quantitative estimate of drug-likeness (QED) is 0.531. The second-order valence-corrected chi connectivity index (χ2v) is 7.25. The predicted molar refractivity (Wildman–Crippen MR) is 22.3 cm³/mol. The summed E-state index contributed by atoms with van der Waals surface area (Å²) in [7, 11) is 3.58. The fourth-order valence-corrected chi connectivity index (χ4v) is 0. The molecule has 0 saturated carbocycles. The van der Waals surface area contributed by atoms with Crippen molar-refractivity contribution in [3.05, 3.63) is 0 Å². The van der Waals surface area contributed by atoms with Gasteiger partial charge in [0.15, 0.2) is 0 Å². The molecule has 0 bridgehead atoms. The fraction of sp³-hybridized carbons (Fsp3) is 0. The molecule has 0 saturated heterocycles. The SMILES string of the molecule is C=O.[Mo][S][S][Mo]. The average molecular weight is 286 g/mol. The Balaban J connectivity index is 0. The summed E-state index contributed by atoms with van der Waals surface area (Å²) >= 11 is 4.01. The van der Waals surface area contributed by atoms with Gasteiger partial charge >= 0.3 is 54.1 Å². The molecule has 0 amide bonds. The molecule has 0 atom stereocenters. The Hall–Kier alpha value is 1.75. The molecule has 0 unspecified atom stereocenters. The van der Waals surface area contributed by atoms with Crippen molar-refractivity contribution in [3.8, 4) is 0 Å². The van der Waals surface area contributed by atoms with Crippen LogP contribution in [0.15, 0.2) is 0 Å². The standard InChI is InChI=1S/CH2O.2Mo.S2/c1-2;;;1-2/h1H2;;;/q;2*+1;-2. The minimum absolute atomic E-state index is 1.79. The van der Waals surface area contributed by atoms with E-state index in [-0.39, 0.29) is 0 Å². The first-order chi connectivity index (χ1) is 2.91. The molecular formula is CH2Mo2OS2. The fourth-order valence-electron chi connectivity index (χ4n) is 0. The van der Waals surface area contributed by atoms with E-state index in [0.717, 1.165) is 0 Å². The van der Waals surface area contributed by atoms with E-state index >= 15 is 0 Å². The molecular weight excluding hydrogens is 284 g/mol. The summed E-state index contributed by atoms with van der Waals surface area (Å²) in [6.07, 6.45) is 0. The number of rotatable bonds is 1. The molecule has 0 aromatic heterocycles. The molecule has 0 heterocycles. The van der Waals surface area contributed by atoms with Crippen molar-refractivity contribution >= 4 is 23.8 Å². The third-order valence-electron chi connectivity index (χ3n) is 0.0278. The van der Waals surface area contributed by atoms with Crippen molar-refractivity contribution in [1.82, 2.24) is 0 Å². The molecule has 0 radical (unpaired) electrons. The molecule has 0 fully saturated rings. The molecule has 0 spiro atoms. The van der Waals surface area contributed by atoms with Gasteiger partial charge in [0.1, 0.15) is 6.79 Å². The van der Waals surface area contributed by atoms with Crippen LogP contribution in [0.3, 0.4) is 0 Å². The van der Waals surface area contributed by atoms with Crippen LogP contribution in [0, 0.1) is 0 Å². The van der Waals surface area contributed by atoms with Crippen LogP contribution in [0.4, 0.5) is 0 Å². The number of carbonyl (C=O) groups is 1. The van der Waals surface area contributed by atoms with E-state index in [9.17, 15) is 0 Å². The van der Waals surface area contributed by atoms with E-state index in [1.54, 1.807) is 17.0 Å². The van der Waals surface area contributed by atoms with Gasteiger partial charge in [-0.15, -0.1) is 0 Å². The van der Waals surface area contributed by atoms with Gasteiger partial charge in [-0.25, -0.2) is 0 Å². The van der Waals surface area contributed by atoms with Gasteiger partial charge in [-0.2, -0.15) is 0 Å². The molecule has 0 N–H and O–H groups in total. The van der Waals surface area contributed by atoms with E-state index < -0.39 is 0 Å². The molecule has 1 nitrogen and oxygen atoms in total. The Morgan fingerprint density at radius 2 is 1.33 bits per heavy atom. The molecule has 0 aromatic carbocycles. The third-order valence-corrected chi connectivity index (χ3v) is 8.75. The van der Waals surface area contributed by atoms with Gasteiger partial charge in [0.25, 0.3) is 0 Å². The van der Waals surface area contributed by atoms with Crippen LogP contribution < -0.4 is 0 Å². The molecule has 0 aliphatic carbocycles. The van der Waals surface area contributed by atoms with Gasteiger partial charge in [-0.3, -0.25) is 0 Å². The number of hydrogen-bond acceptors (Lipinski definition) is 3. The molecule has 0 rings (SSSR count). The van der Waals surface area contributed by atoms with Gasteiger partial charge in [0.2, 0.25) is 0 Å². The van der Waals surface area contributed by atoms with Gasteiger partial charge < -0.3 is 4.79 Å². The van der Waals surface area contributed by atoms with Gasteiger partial charge in [0.05, 0.1) is 0 Å². The van der Waals surface area contributed by atoms with Gasteiger partial charge in [0, 0.05) is 0 Å². The number of carbonyl (C=O) groups excluding carboxylic acids is 1. The third kappa shape index (κ3) is 17.2. The van der Waals surface area contributed by atoms with Crippen molar-refractivity contribution in [2.24, 2.45) is 0 Å². The maximum absolute atomic E-state index is 8.00. The second-order valence-electron chi connectivity index (χ2n) is 0.136. The van der Waals surface area contributed by atoms with E-state index in [4.69, 9.17) is 4.79 Å². The summed E-state index contributed by atoms with van der Waals surface area (Å²) in [6, 6.07) is 0. The van der Waals surface area contributed by atoms with Gasteiger partial charge in [-0.05, 0) is 0 Å². The van der Waals surface area contributed by atoms with Crippen LogP contribution in [0.2, 0.25) is 0 Å². The Bertz CT molecular complexity index is 19.0. The summed E-state index contributed by atoms with van der Waals surface area (Å²) < 4.78 is 0. The molecule has 0 aliphatic rings. The molecule has 5 heteroatoms. The predicted octanol–water partition coefficient (Wildman–Crippen LogP) is 1.11. The summed E-state index contributed by atoms with van der Waals surface area (Å²) in [5.41, 5.74) is 0. The van der Waals surface area contributed by atoms with Crippen LogP contribution in [0.25, 0.3) is 0 Å². The van der Waals surface area contributed by atoms with Crippen LogP contribution in [-0.4, -0.2) is 6.79 Å². The van der Waals surface area contributed by atoms with E-state index in [0.29, 0.717) is 0 Å². The topological polar surface area (TPSA) is 17.1 Å². The first-order valence-corrected chi connectivity index (χ1v) is 7.70. The summed E-state index contributed by atoms with van der Waals surface area (Å²) in [6.45, 7) is 2.00. The van der Waals surface area contributed by atoms with Crippen molar-refractivity contribution in [2.75, 3.05) is 0 Å².